The molecule has 0 fully saturated rings. The Labute approximate surface area is 62.8 Å². The van der Waals surface area contributed by atoms with E-state index in [0.717, 1.165) is 6.42 Å². The van der Waals surface area contributed by atoms with Crippen molar-refractivity contribution >= 4 is 0 Å². The molecule has 0 aliphatic rings. The van der Waals surface area contributed by atoms with Crippen molar-refractivity contribution in [2.24, 2.45) is 0 Å². The first-order valence-corrected chi connectivity index (χ1v) is 3.41. The highest BCUT2D eigenvalue weighted by Gasteiger charge is 2.15. The monoisotopic (exact) mass is 143 g/mol. The summed E-state index contributed by atoms with van der Waals surface area (Å²) in [4.78, 5) is 9.69. The van der Waals surface area contributed by atoms with Gasteiger partial charge in [0.2, 0.25) is 0 Å². The Morgan fingerprint density at radius 3 is 2.50 bits per heavy atom. The highest BCUT2D eigenvalue weighted by Crippen LogP contribution is 2.13. The molecular formula is C8H15O2. The molecule has 0 heterocycles. The molecule has 0 aliphatic heterocycles. The molecule has 0 bridgehead atoms. The topological polar surface area (TPSA) is 18.5 Å². The second-order valence-electron chi connectivity index (χ2n) is 2.66. The molecule has 0 atom stereocenters. The van der Waals surface area contributed by atoms with Crippen LogP contribution in [-0.4, -0.2) is 5.60 Å². The normalized spacial score (nSPS) is 11.5. The van der Waals surface area contributed by atoms with Crippen LogP contribution in [0.1, 0.15) is 27.2 Å². The summed E-state index contributed by atoms with van der Waals surface area (Å²) >= 11 is 0. The van der Waals surface area contributed by atoms with Gasteiger partial charge in [0.05, 0.1) is 5.60 Å². The van der Waals surface area contributed by atoms with E-state index in [1.54, 1.807) is 0 Å². The molecule has 1 radical (unpaired) electrons. The van der Waals surface area contributed by atoms with Crippen molar-refractivity contribution in [3.8, 4) is 0 Å². The molecule has 59 valence electrons. The van der Waals surface area contributed by atoms with Crippen LogP contribution < -0.4 is 0 Å². The van der Waals surface area contributed by atoms with Crippen molar-refractivity contribution in [1.29, 1.82) is 0 Å². The molecule has 0 aromatic rings. The Balaban J connectivity index is 3.36. The van der Waals surface area contributed by atoms with E-state index in [1.165, 1.54) is 12.7 Å². The Bertz CT molecular complexity index is 97.4. The van der Waals surface area contributed by atoms with Crippen LogP contribution in [0.5, 0.6) is 0 Å². The molecular weight excluding hydrogens is 128 g/mol. The van der Waals surface area contributed by atoms with E-state index in [2.05, 4.69) is 6.58 Å². The second-order valence-corrected chi connectivity index (χ2v) is 2.66. The van der Waals surface area contributed by atoms with Gasteiger partial charge in [-0.1, -0.05) is 13.0 Å². The van der Waals surface area contributed by atoms with Crippen LogP contribution in [0.25, 0.3) is 0 Å². The molecule has 0 saturated heterocycles. The van der Waals surface area contributed by atoms with Crippen molar-refractivity contribution in [2.45, 2.75) is 32.8 Å². The van der Waals surface area contributed by atoms with E-state index in [4.69, 9.17) is 9.78 Å². The van der Waals surface area contributed by atoms with Crippen molar-refractivity contribution in [3.05, 3.63) is 19.3 Å². The summed E-state index contributed by atoms with van der Waals surface area (Å²) < 4.78 is 0. The van der Waals surface area contributed by atoms with Gasteiger partial charge in [0.15, 0.2) is 0 Å². The Hall–Kier alpha value is -0.340. The largest absolute Gasteiger partial charge is 0.230 e. The van der Waals surface area contributed by atoms with Crippen molar-refractivity contribution < 1.29 is 9.78 Å². The molecule has 0 saturated carbocycles. The molecule has 0 rings (SSSR count). The third-order valence-corrected chi connectivity index (χ3v) is 1.28. The third-order valence-electron chi connectivity index (χ3n) is 1.28. The quantitative estimate of drug-likeness (QED) is 0.334. The zero-order chi connectivity index (χ0) is 8.04. The van der Waals surface area contributed by atoms with Crippen LogP contribution >= 0.6 is 0 Å². The Morgan fingerprint density at radius 1 is 1.50 bits per heavy atom. The molecule has 0 amide bonds. The lowest BCUT2D eigenvalue weighted by molar-refractivity contribution is -0.328. The number of hydrogen-bond acceptors (Lipinski definition) is 2. The standard InChI is InChI=1S/C8H15O2/c1-5-7-9-10-8(3,4)6-2/h5,7H,1,6H2,2-4H3. The first kappa shape index (κ1) is 9.66. The van der Waals surface area contributed by atoms with Crippen LogP contribution in [0, 0.1) is 6.61 Å². The van der Waals surface area contributed by atoms with E-state index in [-0.39, 0.29) is 5.60 Å². The van der Waals surface area contributed by atoms with Gasteiger partial charge in [-0.3, -0.25) is 0 Å². The van der Waals surface area contributed by atoms with E-state index < -0.39 is 0 Å². The van der Waals surface area contributed by atoms with Crippen LogP contribution in [0.4, 0.5) is 0 Å². The first-order chi connectivity index (χ1) is 4.62. The van der Waals surface area contributed by atoms with Gasteiger partial charge in [-0.25, -0.2) is 9.78 Å². The van der Waals surface area contributed by atoms with E-state index >= 15 is 0 Å². The van der Waals surface area contributed by atoms with Gasteiger partial charge >= 0.3 is 0 Å². The number of rotatable bonds is 5. The van der Waals surface area contributed by atoms with Crippen LogP contribution in [-0.2, 0) is 9.78 Å². The van der Waals surface area contributed by atoms with Gasteiger partial charge in [0.25, 0.3) is 0 Å². The summed E-state index contributed by atoms with van der Waals surface area (Å²) in [6.07, 6.45) is 2.45. The molecule has 0 spiro atoms. The summed E-state index contributed by atoms with van der Waals surface area (Å²) in [7, 11) is 0. The van der Waals surface area contributed by atoms with Gasteiger partial charge < -0.3 is 0 Å². The highest BCUT2D eigenvalue weighted by molar-refractivity contribution is 4.76. The molecule has 0 aromatic carbocycles. The van der Waals surface area contributed by atoms with Crippen molar-refractivity contribution in [1.82, 2.24) is 0 Å². The summed E-state index contributed by atoms with van der Waals surface area (Å²) in [5.41, 5.74) is -0.209. The van der Waals surface area contributed by atoms with Crippen LogP contribution in [0.15, 0.2) is 12.7 Å². The molecule has 0 aromatic heterocycles. The van der Waals surface area contributed by atoms with E-state index in [0.29, 0.717) is 0 Å². The molecule has 0 N–H and O–H groups in total. The zero-order valence-corrected chi connectivity index (χ0v) is 6.89. The maximum Gasteiger partial charge on any atom is 0.144 e. The lowest BCUT2D eigenvalue weighted by atomic mass is 10.1. The summed E-state index contributed by atoms with van der Waals surface area (Å²) in [5, 5.41) is 0. The lowest BCUT2D eigenvalue weighted by Crippen LogP contribution is -2.22. The van der Waals surface area contributed by atoms with Crippen molar-refractivity contribution in [3.63, 3.8) is 0 Å². The van der Waals surface area contributed by atoms with E-state index in [1.807, 2.05) is 20.8 Å². The number of hydrogen-bond donors (Lipinski definition) is 0. The fourth-order valence-electron chi connectivity index (χ4n) is 0.256. The Morgan fingerprint density at radius 2 is 2.10 bits per heavy atom. The summed E-state index contributed by atoms with van der Waals surface area (Å²) in [6, 6.07) is 0. The predicted octanol–water partition coefficient (Wildman–Crippen LogP) is 2.47. The predicted molar refractivity (Wildman–Crippen MR) is 41.0 cm³/mol. The Kier molecular flexibility index (Phi) is 4.32. The average molecular weight is 143 g/mol. The van der Waals surface area contributed by atoms with Crippen molar-refractivity contribution in [2.75, 3.05) is 0 Å². The second kappa shape index (κ2) is 4.47. The maximum atomic E-state index is 4.99. The van der Waals surface area contributed by atoms with Crippen LogP contribution in [0.3, 0.4) is 0 Å². The lowest BCUT2D eigenvalue weighted by Gasteiger charge is -2.20. The maximum absolute atomic E-state index is 4.99. The zero-order valence-electron chi connectivity index (χ0n) is 6.89. The van der Waals surface area contributed by atoms with Gasteiger partial charge in [0.1, 0.15) is 6.61 Å². The SMILES string of the molecule is C=C[CH]OOC(C)(C)CC. The highest BCUT2D eigenvalue weighted by atomic mass is 17.2. The van der Waals surface area contributed by atoms with Gasteiger partial charge in [-0.05, 0) is 20.3 Å². The van der Waals surface area contributed by atoms with Gasteiger partial charge in [-0.2, -0.15) is 0 Å². The molecule has 0 unspecified atom stereocenters. The van der Waals surface area contributed by atoms with Gasteiger partial charge in [0, 0.05) is 0 Å². The summed E-state index contributed by atoms with van der Waals surface area (Å²) in [6.45, 7) is 10.8. The fraction of sp³-hybridized carbons (Fsp3) is 0.625. The van der Waals surface area contributed by atoms with E-state index in [9.17, 15) is 0 Å². The molecule has 2 heteroatoms. The summed E-state index contributed by atoms with van der Waals surface area (Å²) in [5.74, 6) is 0. The minimum Gasteiger partial charge on any atom is -0.230 e. The minimum absolute atomic E-state index is 0.209. The molecule has 2 nitrogen and oxygen atoms in total. The molecule has 0 aliphatic carbocycles. The average Bonchev–Trinajstić information content (AvgIpc) is 1.89. The van der Waals surface area contributed by atoms with Gasteiger partial charge in [-0.15, -0.1) is 6.58 Å². The minimum atomic E-state index is -0.209. The fourth-order valence-corrected chi connectivity index (χ4v) is 0.256. The molecule has 10 heavy (non-hydrogen) atoms. The van der Waals surface area contributed by atoms with Crippen LogP contribution in [0.2, 0.25) is 0 Å². The first-order valence-electron chi connectivity index (χ1n) is 3.41. The third kappa shape index (κ3) is 4.53. The smallest absolute Gasteiger partial charge is 0.144 e.